The van der Waals surface area contributed by atoms with Crippen molar-refractivity contribution in [2.45, 2.75) is 6.92 Å². The summed E-state index contributed by atoms with van der Waals surface area (Å²) in [6.45, 7) is 5.14. The third-order valence-corrected chi connectivity index (χ3v) is 4.08. The Morgan fingerprint density at radius 3 is 2.70 bits per heavy atom. The summed E-state index contributed by atoms with van der Waals surface area (Å²) in [6.07, 6.45) is 3.14. The topological polar surface area (TPSA) is 61.8 Å². The van der Waals surface area contributed by atoms with E-state index in [0.29, 0.717) is 27.6 Å². The van der Waals surface area contributed by atoms with Crippen LogP contribution in [0.4, 0.5) is 0 Å². The van der Waals surface area contributed by atoms with Crippen LogP contribution in [0, 0.1) is 6.92 Å². The van der Waals surface area contributed by atoms with Gasteiger partial charge in [0.2, 0.25) is 5.78 Å². The molecule has 6 heteroatoms. The van der Waals surface area contributed by atoms with E-state index in [1.165, 1.54) is 6.08 Å². The van der Waals surface area contributed by atoms with E-state index in [2.05, 4.69) is 6.58 Å². The summed E-state index contributed by atoms with van der Waals surface area (Å²) in [5.41, 5.74) is 1.98. The maximum absolute atomic E-state index is 12.6. The molecule has 1 aliphatic heterocycles. The molecule has 0 amide bonds. The second-order valence-corrected chi connectivity index (χ2v) is 6.30. The van der Waals surface area contributed by atoms with Crippen molar-refractivity contribution in [3.63, 3.8) is 0 Å². The Hall–Kier alpha value is -3.05. The zero-order chi connectivity index (χ0) is 19.4. The van der Waals surface area contributed by atoms with Crippen molar-refractivity contribution in [1.29, 1.82) is 0 Å². The van der Waals surface area contributed by atoms with E-state index in [1.54, 1.807) is 49.4 Å². The zero-order valence-corrected chi connectivity index (χ0v) is 15.4. The van der Waals surface area contributed by atoms with Gasteiger partial charge in [-0.15, -0.1) is 0 Å². The Morgan fingerprint density at radius 2 is 2.00 bits per heavy atom. The molecule has 3 rings (SSSR count). The van der Waals surface area contributed by atoms with E-state index in [-0.39, 0.29) is 24.8 Å². The van der Waals surface area contributed by atoms with Crippen LogP contribution in [0.2, 0.25) is 5.02 Å². The second-order valence-electron chi connectivity index (χ2n) is 5.86. The molecule has 138 valence electrons. The number of Topliss-reactive ketones (excluding diaryl/α,β-unsaturated/α-hetero) is 1. The van der Waals surface area contributed by atoms with Gasteiger partial charge in [-0.2, -0.15) is 0 Å². The first-order chi connectivity index (χ1) is 13.0. The highest BCUT2D eigenvalue weighted by atomic mass is 35.5. The monoisotopic (exact) mass is 384 g/mol. The van der Waals surface area contributed by atoms with Crippen LogP contribution in [-0.4, -0.2) is 25.0 Å². The highest BCUT2D eigenvalue weighted by Crippen LogP contribution is 2.37. The maximum Gasteiger partial charge on any atom is 0.344 e. The standard InChI is InChI=1S/C21H17ClO5/c1-3-8-25-19(23)12-26-16-9-13(2)20-17(11-16)27-18(21(20)24)10-14-4-6-15(22)7-5-14/h3-7,9-11H,1,8,12H2,2H3/b18-10-. The number of halogens is 1. The first kappa shape index (κ1) is 18.7. The summed E-state index contributed by atoms with van der Waals surface area (Å²) in [5, 5.41) is 0.614. The molecule has 2 aromatic rings. The average Bonchev–Trinajstić information content (AvgIpc) is 2.96. The third-order valence-electron chi connectivity index (χ3n) is 3.83. The van der Waals surface area contributed by atoms with Crippen molar-refractivity contribution in [1.82, 2.24) is 0 Å². The molecule has 2 aromatic carbocycles. The lowest BCUT2D eigenvalue weighted by atomic mass is 10.0. The van der Waals surface area contributed by atoms with E-state index in [1.807, 2.05) is 0 Å². The summed E-state index contributed by atoms with van der Waals surface area (Å²) in [6, 6.07) is 10.3. The van der Waals surface area contributed by atoms with Gasteiger partial charge in [-0.1, -0.05) is 36.4 Å². The number of rotatable bonds is 6. The highest BCUT2D eigenvalue weighted by molar-refractivity contribution is 6.30. The largest absolute Gasteiger partial charge is 0.482 e. The van der Waals surface area contributed by atoms with E-state index < -0.39 is 5.97 Å². The summed E-state index contributed by atoms with van der Waals surface area (Å²) >= 11 is 5.88. The van der Waals surface area contributed by atoms with Crippen molar-refractivity contribution >= 4 is 29.4 Å². The first-order valence-corrected chi connectivity index (χ1v) is 8.59. The number of fused-ring (bicyclic) bond motifs is 1. The lowest BCUT2D eigenvalue weighted by molar-refractivity contribution is -0.144. The molecule has 0 aliphatic carbocycles. The molecular formula is C21H17ClO5. The summed E-state index contributed by atoms with van der Waals surface area (Å²) in [4.78, 5) is 24.2. The number of carbonyl (C=O) groups is 2. The van der Waals surface area contributed by atoms with Gasteiger partial charge in [-0.05, 0) is 42.3 Å². The minimum Gasteiger partial charge on any atom is -0.482 e. The zero-order valence-electron chi connectivity index (χ0n) is 14.7. The molecule has 0 N–H and O–H groups in total. The highest BCUT2D eigenvalue weighted by Gasteiger charge is 2.30. The molecule has 0 saturated heterocycles. The van der Waals surface area contributed by atoms with Crippen molar-refractivity contribution in [2.24, 2.45) is 0 Å². The smallest absolute Gasteiger partial charge is 0.344 e. The fraction of sp³-hybridized carbons (Fsp3) is 0.143. The van der Waals surface area contributed by atoms with Crippen molar-refractivity contribution in [3.05, 3.63) is 76.5 Å². The Bertz CT molecular complexity index is 928. The van der Waals surface area contributed by atoms with Gasteiger partial charge in [0.1, 0.15) is 18.1 Å². The Balaban J connectivity index is 1.77. The molecule has 0 unspecified atom stereocenters. The van der Waals surface area contributed by atoms with Crippen molar-refractivity contribution in [3.8, 4) is 11.5 Å². The summed E-state index contributed by atoms with van der Waals surface area (Å²) in [7, 11) is 0. The maximum atomic E-state index is 12.6. The van der Waals surface area contributed by atoms with E-state index in [4.69, 9.17) is 25.8 Å². The number of esters is 1. The lowest BCUT2D eigenvalue weighted by Gasteiger charge is -2.08. The Morgan fingerprint density at radius 1 is 1.26 bits per heavy atom. The van der Waals surface area contributed by atoms with Gasteiger partial charge in [0.25, 0.3) is 0 Å². The molecule has 0 spiro atoms. The minimum atomic E-state index is -0.506. The average molecular weight is 385 g/mol. The van der Waals surface area contributed by atoms with Gasteiger partial charge in [-0.3, -0.25) is 4.79 Å². The van der Waals surface area contributed by atoms with Gasteiger partial charge >= 0.3 is 5.97 Å². The van der Waals surface area contributed by atoms with Crippen LogP contribution in [0.1, 0.15) is 21.5 Å². The van der Waals surface area contributed by atoms with Crippen LogP contribution >= 0.6 is 11.6 Å². The molecule has 5 nitrogen and oxygen atoms in total. The Labute approximate surface area is 161 Å². The van der Waals surface area contributed by atoms with Crippen molar-refractivity contribution < 1.29 is 23.8 Å². The quantitative estimate of drug-likeness (QED) is 0.420. The fourth-order valence-corrected chi connectivity index (χ4v) is 2.73. The number of benzene rings is 2. The normalized spacial score (nSPS) is 13.9. The Kier molecular flexibility index (Phi) is 5.62. The number of ether oxygens (including phenoxy) is 3. The second kappa shape index (κ2) is 8.10. The van der Waals surface area contributed by atoms with Crippen molar-refractivity contribution in [2.75, 3.05) is 13.2 Å². The first-order valence-electron chi connectivity index (χ1n) is 8.21. The van der Waals surface area contributed by atoms with Gasteiger partial charge in [0, 0.05) is 11.1 Å². The number of hydrogen-bond donors (Lipinski definition) is 0. The molecule has 0 bridgehead atoms. The number of allylic oxidation sites excluding steroid dienone is 1. The number of hydrogen-bond acceptors (Lipinski definition) is 5. The van der Waals surface area contributed by atoms with Gasteiger partial charge in [-0.25, -0.2) is 4.79 Å². The van der Waals surface area contributed by atoms with E-state index >= 15 is 0 Å². The summed E-state index contributed by atoms with van der Waals surface area (Å²) < 4.78 is 16.0. The van der Waals surface area contributed by atoms with E-state index in [9.17, 15) is 9.59 Å². The number of carbonyl (C=O) groups excluding carboxylic acids is 2. The molecule has 1 aliphatic rings. The fourth-order valence-electron chi connectivity index (χ4n) is 2.61. The molecule has 0 fully saturated rings. The molecule has 0 aromatic heterocycles. The third kappa shape index (κ3) is 4.38. The molecule has 0 saturated carbocycles. The molecule has 0 radical (unpaired) electrons. The minimum absolute atomic E-state index is 0.127. The van der Waals surface area contributed by atoms with Crippen LogP contribution in [-0.2, 0) is 9.53 Å². The lowest BCUT2D eigenvalue weighted by Crippen LogP contribution is -2.14. The SMILES string of the molecule is C=CCOC(=O)COc1cc(C)c2c(c1)O/C(=C\c1ccc(Cl)cc1)C2=O. The van der Waals surface area contributed by atoms with Gasteiger partial charge in [0.15, 0.2) is 12.4 Å². The van der Waals surface area contributed by atoms with E-state index in [0.717, 1.165) is 5.56 Å². The molecule has 0 atom stereocenters. The molecule has 1 heterocycles. The molecule has 27 heavy (non-hydrogen) atoms. The predicted octanol–water partition coefficient (Wildman–Crippen LogP) is 4.37. The van der Waals surface area contributed by atoms with Crippen LogP contribution in [0.5, 0.6) is 11.5 Å². The number of ketones is 1. The van der Waals surface area contributed by atoms with Crippen LogP contribution in [0.15, 0.2) is 54.8 Å². The predicted molar refractivity (Wildman–Crippen MR) is 102 cm³/mol. The van der Waals surface area contributed by atoms with Crippen LogP contribution < -0.4 is 9.47 Å². The van der Waals surface area contributed by atoms with Gasteiger partial charge in [0.05, 0.1) is 5.56 Å². The molecular weight excluding hydrogens is 368 g/mol. The van der Waals surface area contributed by atoms with Gasteiger partial charge < -0.3 is 14.2 Å². The van der Waals surface area contributed by atoms with Crippen LogP contribution in [0.3, 0.4) is 0 Å². The van der Waals surface area contributed by atoms with Crippen LogP contribution in [0.25, 0.3) is 6.08 Å². The number of aryl methyl sites for hydroxylation is 1. The summed E-state index contributed by atoms with van der Waals surface area (Å²) in [5.74, 6) is 0.331.